The van der Waals surface area contributed by atoms with Crippen LogP contribution in [-0.2, 0) is 9.59 Å². The molecule has 0 atom stereocenters. The van der Waals surface area contributed by atoms with Crippen LogP contribution in [0.25, 0.3) is 10.8 Å². The molecule has 0 saturated heterocycles. The van der Waals surface area contributed by atoms with Gasteiger partial charge in [-0.25, -0.2) is 0 Å². The third kappa shape index (κ3) is 18.8. The highest BCUT2D eigenvalue weighted by Crippen LogP contribution is 2.25. The van der Waals surface area contributed by atoms with Crippen LogP contribution in [0.4, 0.5) is 0 Å². The molecular formula is C38H62N2O4. The maximum absolute atomic E-state index is 12.2. The Morgan fingerprint density at radius 3 is 1.18 bits per heavy atom. The Morgan fingerprint density at radius 2 is 0.818 bits per heavy atom. The van der Waals surface area contributed by atoms with Crippen molar-refractivity contribution in [1.82, 2.24) is 10.6 Å². The summed E-state index contributed by atoms with van der Waals surface area (Å²) in [5.74, 6) is 1.08. The molecule has 6 heteroatoms. The third-order valence-corrected chi connectivity index (χ3v) is 8.23. The minimum Gasteiger partial charge on any atom is -0.484 e. The molecule has 0 aliphatic rings. The van der Waals surface area contributed by atoms with Crippen LogP contribution in [0.15, 0.2) is 36.4 Å². The zero-order chi connectivity index (χ0) is 31.5. The van der Waals surface area contributed by atoms with Gasteiger partial charge in [0.05, 0.1) is 0 Å². The Hall–Kier alpha value is -2.76. The molecule has 0 unspecified atom stereocenters. The van der Waals surface area contributed by atoms with Crippen LogP contribution in [0, 0.1) is 0 Å². The van der Waals surface area contributed by atoms with Crippen molar-refractivity contribution in [3.05, 3.63) is 36.4 Å². The van der Waals surface area contributed by atoms with Crippen molar-refractivity contribution in [2.24, 2.45) is 0 Å². The number of nitrogens with one attached hydrogen (secondary N) is 2. The Kier molecular flexibility index (Phi) is 21.7. The average Bonchev–Trinajstić information content (AvgIpc) is 3.04. The lowest BCUT2D eigenvalue weighted by Gasteiger charge is -2.10. The lowest BCUT2D eigenvalue weighted by atomic mass is 10.1. The fraction of sp³-hybridized carbons (Fsp3) is 0.684. The minimum atomic E-state index is -0.0954. The fourth-order valence-corrected chi connectivity index (χ4v) is 5.46. The molecule has 2 amide bonds. The van der Waals surface area contributed by atoms with Gasteiger partial charge in [0.1, 0.15) is 11.5 Å². The summed E-state index contributed by atoms with van der Waals surface area (Å²) in [4.78, 5) is 24.5. The summed E-state index contributed by atoms with van der Waals surface area (Å²) < 4.78 is 11.5. The number of carbonyl (C=O) groups is 2. The Labute approximate surface area is 268 Å². The summed E-state index contributed by atoms with van der Waals surface area (Å²) in [6.45, 7) is 5.90. The SMILES string of the molecule is CCCCCCCCCCCCNC(=O)COc1ccc2ccc(OCC(=O)NCCCCCCCCCCCC)cc2c1. The number of unbranched alkanes of at least 4 members (excludes halogenated alkanes) is 18. The summed E-state index contributed by atoms with van der Waals surface area (Å²) >= 11 is 0. The second-order valence-electron chi connectivity index (χ2n) is 12.3. The molecule has 0 heterocycles. The monoisotopic (exact) mass is 610 g/mol. The summed E-state index contributed by atoms with van der Waals surface area (Å²) in [7, 11) is 0. The molecule has 2 aromatic carbocycles. The number of hydrogen-bond donors (Lipinski definition) is 2. The van der Waals surface area contributed by atoms with Crippen molar-refractivity contribution in [2.75, 3.05) is 26.3 Å². The van der Waals surface area contributed by atoms with Crippen LogP contribution in [0.2, 0.25) is 0 Å². The molecule has 44 heavy (non-hydrogen) atoms. The maximum Gasteiger partial charge on any atom is 0.257 e. The van der Waals surface area contributed by atoms with E-state index in [2.05, 4.69) is 24.5 Å². The first kappa shape index (κ1) is 37.4. The predicted molar refractivity (Wildman–Crippen MR) is 185 cm³/mol. The number of amides is 2. The van der Waals surface area contributed by atoms with Crippen LogP contribution in [0.1, 0.15) is 142 Å². The molecule has 0 aliphatic heterocycles. The molecule has 2 aromatic rings. The van der Waals surface area contributed by atoms with Gasteiger partial charge < -0.3 is 20.1 Å². The normalized spacial score (nSPS) is 11.0. The van der Waals surface area contributed by atoms with Gasteiger partial charge in [-0.2, -0.15) is 0 Å². The van der Waals surface area contributed by atoms with E-state index in [-0.39, 0.29) is 25.0 Å². The standard InChI is InChI=1S/C38H62N2O4/c1-3-5-7-9-11-13-15-17-19-21-27-39-37(41)31-43-35-25-23-33-24-26-36(30-34(33)29-35)44-32-38(42)40-28-22-20-18-16-14-12-10-8-6-4-2/h23-26,29-30H,3-22,27-28,31-32H2,1-2H3,(H,39,41)(H,40,42). The minimum absolute atomic E-state index is 0.00131. The summed E-state index contributed by atoms with van der Waals surface area (Å²) in [6.07, 6.45) is 25.6. The van der Waals surface area contributed by atoms with Gasteiger partial charge in [-0.15, -0.1) is 0 Å². The first-order valence-corrected chi connectivity index (χ1v) is 17.9. The molecule has 0 aromatic heterocycles. The van der Waals surface area contributed by atoms with E-state index in [1.807, 2.05) is 36.4 Å². The van der Waals surface area contributed by atoms with Crippen molar-refractivity contribution in [3.8, 4) is 11.5 Å². The van der Waals surface area contributed by atoms with Crippen LogP contribution < -0.4 is 20.1 Å². The second-order valence-corrected chi connectivity index (χ2v) is 12.3. The molecular weight excluding hydrogens is 548 g/mol. The van der Waals surface area contributed by atoms with Crippen molar-refractivity contribution in [2.45, 2.75) is 142 Å². The molecule has 2 rings (SSSR count). The topological polar surface area (TPSA) is 76.7 Å². The molecule has 248 valence electrons. The Morgan fingerprint density at radius 1 is 0.477 bits per heavy atom. The molecule has 0 spiro atoms. The van der Waals surface area contributed by atoms with Crippen molar-refractivity contribution in [1.29, 1.82) is 0 Å². The quantitative estimate of drug-likeness (QED) is 0.0941. The van der Waals surface area contributed by atoms with Crippen LogP contribution in [0.3, 0.4) is 0 Å². The van der Waals surface area contributed by atoms with E-state index in [0.29, 0.717) is 24.6 Å². The first-order valence-electron chi connectivity index (χ1n) is 17.9. The highest BCUT2D eigenvalue weighted by atomic mass is 16.5. The third-order valence-electron chi connectivity index (χ3n) is 8.23. The van der Waals surface area contributed by atoms with Gasteiger partial charge in [0, 0.05) is 13.1 Å². The summed E-state index contributed by atoms with van der Waals surface area (Å²) in [5, 5.41) is 7.92. The molecule has 0 radical (unpaired) electrons. The number of fused-ring (bicyclic) bond motifs is 1. The summed E-state index contributed by atoms with van der Waals surface area (Å²) in [6, 6.07) is 11.5. The number of hydrogen-bond acceptors (Lipinski definition) is 4. The molecule has 0 bridgehead atoms. The molecule has 0 saturated carbocycles. The molecule has 2 N–H and O–H groups in total. The molecule has 0 aliphatic carbocycles. The Bertz CT molecular complexity index is 948. The summed E-state index contributed by atoms with van der Waals surface area (Å²) in [5.41, 5.74) is 0. The molecule has 0 fully saturated rings. The predicted octanol–water partition coefficient (Wildman–Crippen LogP) is 9.67. The highest BCUT2D eigenvalue weighted by molar-refractivity contribution is 5.85. The number of carbonyl (C=O) groups excluding carboxylic acids is 2. The zero-order valence-corrected chi connectivity index (χ0v) is 28.1. The maximum atomic E-state index is 12.2. The second kappa shape index (κ2) is 25.6. The number of ether oxygens (including phenoxy) is 2. The lowest BCUT2D eigenvalue weighted by molar-refractivity contribution is -0.123. The largest absolute Gasteiger partial charge is 0.484 e. The van der Waals surface area contributed by atoms with Gasteiger partial charge in [0.25, 0.3) is 11.8 Å². The van der Waals surface area contributed by atoms with Gasteiger partial charge in [0.15, 0.2) is 13.2 Å². The van der Waals surface area contributed by atoms with Crippen LogP contribution in [0.5, 0.6) is 11.5 Å². The van der Waals surface area contributed by atoms with Gasteiger partial charge in [-0.3, -0.25) is 9.59 Å². The fourth-order valence-electron chi connectivity index (χ4n) is 5.46. The van der Waals surface area contributed by atoms with Gasteiger partial charge >= 0.3 is 0 Å². The van der Waals surface area contributed by atoms with Crippen molar-refractivity contribution < 1.29 is 19.1 Å². The van der Waals surface area contributed by atoms with E-state index in [9.17, 15) is 9.59 Å². The van der Waals surface area contributed by atoms with Crippen LogP contribution in [-0.4, -0.2) is 38.1 Å². The van der Waals surface area contributed by atoms with Crippen molar-refractivity contribution >= 4 is 22.6 Å². The highest BCUT2D eigenvalue weighted by Gasteiger charge is 2.06. The number of rotatable bonds is 28. The average molecular weight is 611 g/mol. The van der Waals surface area contributed by atoms with Gasteiger partial charge in [0.2, 0.25) is 0 Å². The van der Waals surface area contributed by atoms with E-state index < -0.39 is 0 Å². The van der Waals surface area contributed by atoms with Crippen LogP contribution >= 0.6 is 0 Å². The molecule has 6 nitrogen and oxygen atoms in total. The first-order chi connectivity index (χ1) is 21.6. The van der Waals surface area contributed by atoms with E-state index in [1.165, 1.54) is 103 Å². The van der Waals surface area contributed by atoms with E-state index in [0.717, 1.165) is 36.5 Å². The van der Waals surface area contributed by atoms with E-state index in [4.69, 9.17) is 9.47 Å². The van der Waals surface area contributed by atoms with Gasteiger partial charge in [-0.1, -0.05) is 142 Å². The van der Waals surface area contributed by atoms with Crippen molar-refractivity contribution in [3.63, 3.8) is 0 Å². The van der Waals surface area contributed by atoms with E-state index >= 15 is 0 Å². The number of benzene rings is 2. The smallest absolute Gasteiger partial charge is 0.257 e. The zero-order valence-electron chi connectivity index (χ0n) is 28.1. The van der Waals surface area contributed by atoms with Gasteiger partial charge in [-0.05, 0) is 47.9 Å². The Balaban J connectivity index is 1.55. The lowest BCUT2D eigenvalue weighted by Crippen LogP contribution is -2.29. The van der Waals surface area contributed by atoms with E-state index in [1.54, 1.807) is 0 Å².